The fourth-order valence-electron chi connectivity index (χ4n) is 3.44. The van der Waals surface area contributed by atoms with Gasteiger partial charge in [0.2, 0.25) is 0 Å². The summed E-state index contributed by atoms with van der Waals surface area (Å²) in [6.07, 6.45) is 4.74. The largest absolute Gasteiger partial charge is 0.381 e. The monoisotopic (exact) mass is 304 g/mol. The molecule has 1 atom stereocenters. The molecule has 0 spiro atoms. The van der Waals surface area contributed by atoms with Crippen LogP contribution in [-0.4, -0.2) is 54.8 Å². The molecule has 0 aromatic carbocycles. The van der Waals surface area contributed by atoms with Gasteiger partial charge in [-0.05, 0) is 52.1 Å². The van der Waals surface area contributed by atoms with Gasteiger partial charge in [0.25, 0.3) is 0 Å². The maximum atomic E-state index is 5.42. The molecule has 2 saturated heterocycles. The van der Waals surface area contributed by atoms with E-state index >= 15 is 0 Å². The molecule has 22 heavy (non-hydrogen) atoms. The summed E-state index contributed by atoms with van der Waals surface area (Å²) in [6.45, 7) is 7.12. The minimum absolute atomic E-state index is 0.474. The van der Waals surface area contributed by atoms with Crippen molar-refractivity contribution >= 4 is 5.82 Å². The topological polar surface area (TPSA) is 50.3 Å². The van der Waals surface area contributed by atoms with Crippen molar-refractivity contribution in [2.45, 2.75) is 38.5 Å². The number of ether oxygens (including phenoxy) is 1. The van der Waals surface area contributed by atoms with E-state index in [2.05, 4.69) is 35.2 Å². The second-order valence-electron chi connectivity index (χ2n) is 6.79. The van der Waals surface area contributed by atoms with Gasteiger partial charge in [0.05, 0.1) is 0 Å². The zero-order valence-corrected chi connectivity index (χ0v) is 13.8. The van der Waals surface area contributed by atoms with Crippen LogP contribution < -0.4 is 5.32 Å². The van der Waals surface area contributed by atoms with Crippen LogP contribution in [0.1, 0.15) is 43.1 Å². The van der Waals surface area contributed by atoms with Gasteiger partial charge in [-0.15, -0.1) is 0 Å². The average molecular weight is 304 g/mol. The Morgan fingerprint density at radius 1 is 1.27 bits per heavy atom. The SMILES string of the molecule is Cc1cc(NCC2CCOCC2)nc(C2CCCN(C)C2)n1. The van der Waals surface area contributed by atoms with Crippen LogP contribution in [0.15, 0.2) is 6.07 Å². The first-order valence-electron chi connectivity index (χ1n) is 8.56. The average Bonchev–Trinajstić information content (AvgIpc) is 2.53. The maximum absolute atomic E-state index is 5.42. The summed E-state index contributed by atoms with van der Waals surface area (Å²) < 4.78 is 5.42. The number of aryl methyl sites for hydroxylation is 1. The van der Waals surface area contributed by atoms with Crippen molar-refractivity contribution in [2.75, 3.05) is 45.2 Å². The number of aromatic nitrogens is 2. The molecule has 1 aromatic rings. The minimum Gasteiger partial charge on any atom is -0.381 e. The number of nitrogens with one attached hydrogen (secondary N) is 1. The molecule has 2 fully saturated rings. The van der Waals surface area contributed by atoms with Crippen LogP contribution in [0.2, 0.25) is 0 Å². The second-order valence-corrected chi connectivity index (χ2v) is 6.79. The first-order chi connectivity index (χ1) is 10.7. The van der Waals surface area contributed by atoms with Gasteiger partial charge < -0.3 is 15.0 Å². The highest BCUT2D eigenvalue weighted by Gasteiger charge is 2.22. The minimum atomic E-state index is 0.474. The van der Waals surface area contributed by atoms with Gasteiger partial charge in [0.1, 0.15) is 11.6 Å². The number of likely N-dealkylation sites (tertiary alicyclic amines) is 1. The molecule has 3 heterocycles. The number of rotatable bonds is 4. The van der Waals surface area contributed by atoms with Crippen molar-refractivity contribution in [1.82, 2.24) is 14.9 Å². The predicted molar refractivity (Wildman–Crippen MR) is 88.3 cm³/mol. The lowest BCUT2D eigenvalue weighted by molar-refractivity contribution is 0.0699. The number of hydrogen-bond acceptors (Lipinski definition) is 5. The highest BCUT2D eigenvalue weighted by Crippen LogP contribution is 2.25. The maximum Gasteiger partial charge on any atom is 0.135 e. The van der Waals surface area contributed by atoms with Gasteiger partial charge in [-0.25, -0.2) is 9.97 Å². The molecule has 5 nitrogen and oxygen atoms in total. The molecule has 2 aliphatic heterocycles. The van der Waals surface area contributed by atoms with Crippen molar-refractivity contribution < 1.29 is 4.74 Å². The summed E-state index contributed by atoms with van der Waals surface area (Å²) in [5.41, 5.74) is 1.06. The van der Waals surface area contributed by atoms with E-state index in [4.69, 9.17) is 9.72 Å². The highest BCUT2D eigenvalue weighted by atomic mass is 16.5. The van der Waals surface area contributed by atoms with Crippen LogP contribution in [0.3, 0.4) is 0 Å². The van der Waals surface area contributed by atoms with E-state index in [0.717, 1.165) is 56.5 Å². The van der Waals surface area contributed by atoms with Gasteiger partial charge in [0, 0.05) is 44.0 Å². The first kappa shape index (κ1) is 15.7. The lowest BCUT2D eigenvalue weighted by Crippen LogP contribution is -2.32. The van der Waals surface area contributed by atoms with E-state index in [9.17, 15) is 0 Å². The smallest absolute Gasteiger partial charge is 0.135 e. The summed E-state index contributed by atoms with van der Waals surface area (Å²) in [4.78, 5) is 11.9. The Labute approximate surface area is 133 Å². The van der Waals surface area contributed by atoms with Crippen molar-refractivity contribution in [3.8, 4) is 0 Å². The van der Waals surface area contributed by atoms with E-state index in [1.54, 1.807) is 0 Å². The van der Waals surface area contributed by atoms with Crippen molar-refractivity contribution in [3.05, 3.63) is 17.6 Å². The van der Waals surface area contributed by atoms with Gasteiger partial charge in [-0.1, -0.05) is 0 Å². The number of likely N-dealkylation sites (N-methyl/N-ethyl adjacent to an activating group) is 1. The van der Waals surface area contributed by atoms with Crippen molar-refractivity contribution in [2.24, 2.45) is 5.92 Å². The predicted octanol–water partition coefficient (Wildman–Crippen LogP) is 2.43. The summed E-state index contributed by atoms with van der Waals surface area (Å²) >= 11 is 0. The molecule has 1 unspecified atom stereocenters. The molecule has 0 saturated carbocycles. The fraction of sp³-hybridized carbons (Fsp3) is 0.765. The van der Waals surface area contributed by atoms with E-state index in [1.165, 1.54) is 19.4 Å². The molecule has 1 aromatic heterocycles. The zero-order chi connectivity index (χ0) is 15.4. The Bertz CT molecular complexity index is 488. The van der Waals surface area contributed by atoms with Crippen molar-refractivity contribution in [1.29, 1.82) is 0 Å². The van der Waals surface area contributed by atoms with E-state index in [0.29, 0.717) is 11.8 Å². The highest BCUT2D eigenvalue weighted by molar-refractivity contribution is 5.36. The molecular formula is C17H28N4O. The fourth-order valence-corrected chi connectivity index (χ4v) is 3.44. The molecule has 0 amide bonds. The van der Waals surface area contributed by atoms with Gasteiger partial charge in [0.15, 0.2) is 0 Å². The van der Waals surface area contributed by atoms with E-state index in [1.807, 2.05) is 0 Å². The molecule has 0 aliphatic carbocycles. The number of hydrogen-bond donors (Lipinski definition) is 1. The lowest BCUT2D eigenvalue weighted by Gasteiger charge is -2.29. The molecule has 1 N–H and O–H groups in total. The Hall–Kier alpha value is -1.20. The molecule has 2 aliphatic rings. The van der Waals surface area contributed by atoms with Gasteiger partial charge in [-0.3, -0.25) is 0 Å². The first-order valence-corrected chi connectivity index (χ1v) is 8.56. The third kappa shape index (κ3) is 4.17. The Morgan fingerprint density at radius 3 is 2.86 bits per heavy atom. The molecular weight excluding hydrogens is 276 g/mol. The summed E-state index contributed by atoms with van der Waals surface area (Å²) in [7, 11) is 2.19. The number of nitrogens with zero attached hydrogens (tertiary/aromatic N) is 3. The third-order valence-electron chi connectivity index (χ3n) is 4.77. The molecule has 0 bridgehead atoms. The standard InChI is InChI=1S/C17H28N4O/c1-13-10-16(18-11-14-5-8-22-9-6-14)20-17(19-13)15-4-3-7-21(2)12-15/h10,14-15H,3-9,11-12H2,1-2H3,(H,18,19,20). The zero-order valence-electron chi connectivity index (χ0n) is 13.8. The quantitative estimate of drug-likeness (QED) is 0.926. The summed E-state index contributed by atoms with van der Waals surface area (Å²) in [5.74, 6) is 3.18. The molecule has 0 radical (unpaired) electrons. The third-order valence-corrected chi connectivity index (χ3v) is 4.77. The van der Waals surface area contributed by atoms with Crippen LogP contribution in [0.25, 0.3) is 0 Å². The Morgan fingerprint density at radius 2 is 2.09 bits per heavy atom. The van der Waals surface area contributed by atoms with E-state index < -0.39 is 0 Å². The van der Waals surface area contributed by atoms with E-state index in [-0.39, 0.29) is 0 Å². The van der Waals surface area contributed by atoms with Crippen LogP contribution in [-0.2, 0) is 4.74 Å². The second kappa shape index (κ2) is 7.38. The summed E-state index contributed by atoms with van der Waals surface area (Å²) in [6, 6.07) is 2.06. The molecule has 122 valence electrons. The van der Waals surface area contributed by atoms with Gasteiger partial charge >= 0.3 is 0 Å². The Kier molecular flexibility index (Phi) is 5.26. The van der Waals surface area contributed by atoms with Crippen LogP contribution in [0.5, 0.6) is 0 Å². The van der Waals surface area contributed by atoms with Gasteiger partial charge in [-0.2, -0.15) is 0 Å². The molecule has 3 rings (SSSR count). The molecule has 5 heteroatoms. The Balaban J connectivity index is 1.64. The number of anilines is 1. The summed E-state index contributed by atoms with van der Waals surface area (Å²) in [5, 5.41) is 3.53. The van der Waals surface area contributed by atoms with Crippen molar-refractivity contribution in [3.63, 3.8) is 0 Å². The van der Waals surface area contributed by atoms with Crippen LogP contribution >= 0.6 is 0 Å². The number of piperidine rings is 1. The lowest BCUT2D eigenvalue weighted by atomic mass is 9.97. The normalized spacial score (nSPS) is 24.4. The van der Waals surface area contributed by atoms with Crippen LogP contribution in [0, 0.1) is 12.8 Å². The van der Waals surface area contributed by atoms with Crippen LogP contribution in [0.4, 0.5) is 5.82 Å².